The Morgan fingerprint density at radius 3 is 2.50 bits per heavy atom. The molecule has 0 radical (unpaired) electrons. The number of amides is 1. The molecule has 82 valence electrons. The van der Waals surface area contributed by atoms with Gasteiger partial charge in [-0.2, -0.15) is 0 Å². The number of carbonyl (C=O) groups excluding carboxylic acids is 1. The van der Waals surface area contributed by atoms with Gasteiger partial charge in [-0.25, -0.2) is 0 Å². The van der Waals surface area contributed by atoms with Crippen molar-refractivity contribution >= 4 is 28.8 Å². The molecule has 0 atom stereocenters. The van der Waals surface area contributed by atoms with E-state index in [2.05, 4.69) is 0 Å². The molecule has 0 fully saturated rings. The van der Waals surface area contributed by atoms with E-state index in [4.69, 9.17) is 17.3 Å². The van der Waals surface area contributed by atoms with E-state index in [1.807, 2.05) is 36.4 Å². The Morgan fingerprint density at radius 2 is 1.88 bits per heavy atom. The highest BCUT2D eigenvalue weighted by Crippen LogP contribution is 2.29. The van der Waals surface area contributed by atoms with Gasteiger partial charge in [0, 0.05) is 14.8 Å². The minimum absolute atomic E-state index is 0.301. The molecule has 1 aromatic heterocycles. The van der Waals surface area contributed by atoms with Crippen molar-refractivity contribution in [3.63, 3.8) is 0 Å². The molecule has 0 aliphatic heterocycles. The van der Waals surface area contributed by atoms with Crippen LogP contribution in [0, 0.1) is 0 Å². The van der Waals surface area contributed by atoms with Gasteiger partial charge in [0.1, 0.15) is 0 Å². The standard InChI is InChI=1S/C12H10ClNOS/c13-9-3-1-8(2-4-9)11-6-5-10(16-11)7-12(14)15/h1-6H,7H2,(H2,14,15). The van der Waals surface area contributed by atoms with E-state index < -0.39 is 0 Å². The minimum atomic E-state index is -0.301. The number of benzene rings is 1. The normalized spacial score (nSPS) is 10.3. The Balaban J connectivity index is 2.24. The van der Waals surface area contributed by atoms with Crippen LogP contribution in [0.3, 0.4) is 0 Å². The molecule has 0 saturated heterocycles. The van der Waals surface area contributed by atoms with E-state index in [-0.39, 0.29) is 5.91 Å². The zero-order valence-corrected chi connectivity index (χ0v) is 10.0. The van der Waals surface area contributed by atoms with Gasteiger partial charge in [-0.15, -0.1) is 11.3 Å². The van der Waals surface area contributed by atoms with E-state index >= 15 is 0 Å². The van der Waals surface area contributed by atoms with Crippen molar-refractivity contribution in [2.45, 2.75) is 6.42 Å². The van der Waals surface area contributed by atoms with Crippen LogP contribution in [0.15, 0.2) is 36.4 Å². The molecule has 0 spiro atoms. The molecule has 0 aliphatic rings. The summed E-state index contributed by atoms with van der Waals surface area (Å²) in [5, 5.41) is 0.720. The predicted octanol–water partition coefficient (Wildman–Crippen LogP) is 3.10. The number of primary amides is 1. The number of thiophene rings is 1. The molecule has 0 bridgehead atoms. The first-order valence-corrected chi connectivity index (χ1v) is 5.97. The van der Waals surface area contributed by atoms with Crippen molar-refractivity contribution in [2.75, 3.05) is 0 Å². The van der Waals surface area contributed by atoms with Crippen molar-refractivity contribution in [3.05, 3.63) is 46.3 Å². The lowest BCUT2D eigenvalue weighted by Gasteiger charge is -1.96. The van der Waals surface area contributed by atoms with E-state index in [1.165, 1.54) is 0 Å². The summed E-state index contributed by atoms with van der Waals surface area (Å²) in [4.78, 5) is 12.9. The summed E-state index contributed by atoms with van der Waals surface area (Å²) in [5.74, 6) is -0.301. The number of carbonyl (C=O) groups is 1. The summed E-state index contributed by atoms with van der Waals surface area (Å²) in [5.41, 5.74) is 6.24. The number of nitrogens with two attached hydrogens (primary N) is 1. The Hall–Kier alpha value is -1.32. The van der Waals surface area contributed by atoms with Gasteiger partial charge in [0.15, 0.2) is 0 Å². The van der Waals surface area contributed by atoms with Crippen LogP contribution in [0.1, 0.15) is 4.88 Å². The molecule has 1 aromatic carbocycles. The van der Waals surface area contributed by atoms with E-state index in [0.717, 1.165) is 20.3 Å². The van der Waals surface area contributed by atoms with E-state index in [9.17, 15) is 4.79 Å². The van der Waals surface area contributed by atoms with E-state index in [1.54, 1.807) is 11.3 Å². The van der Waals surface area contributed by atoms with Gasteiger partial charge < -0.3 is 5.73 Å². The first-order chi connectivity index (χ1) is 7.65. The number of halogens is 1. The van der Waals surface area contributed by atoms with Crippen molar-refractivity contribution in [3.8, 4) is 10.4 Å². The fraction of sp³-hybridized carbons (Fsp3) is 0.0833. The maximum Gasteiger partial charge on any atom is 0.222 e. The van der Waals surface area contributed by atoms with Gasteiger partial charge in [-0.1, -0.05) is 23.7 Å². The zero-order chi connectivity index (χ0) is 11.5. The summed E-state index contributed by atoms with van der Waals surface area (Å²) >= 11 is 7.39. The van der Waals surface area contributed by atoms with Gasteiger partial charge in [0.05, 0.1) is 6.42 Å². The zero-order valence-electron chi connectivity index (χ0n) is 8.44. The summed E-state index contributed by atoms with van der Waals surface area (Å²) < 4.78 is 0. The highest BCUT2D eigenvalue weighted by Gasteiger charge is 2.04. The maximum atomic E-state index is 10.8. The molecule has 1 amide bonds. The molecular weight excluding hydrogens is 242 g/mol. The lowest BCUT2D eigenvalue weighted by Crippen LogP contribution is -2.12. The molecule has 2 rings (SSSR count). The van der Waals surface area contributed by atoms with Gasteiger partial charge in [0.2, 0.25) is 5.91 Å². The van der Waals surface area contributed by atoms with Crippen LogP contribution in [0.2, 0.25) is 5.02 Å². The molecule has 2 nitrogen and oxygen atoms in total. The third-order valence-corrected chi connectivity index (χ3v) is 3.53. The second kappa shape index (κ2) is 4.68. The fourth-order valence-corrected chi connectivity index (χ4v) is 2.56. The van der Waals surface area contributed by atoms with Crippen LogP contribution in [0.25, 0.3) is 10.4 Å². The summed E-state index contributed by atoms with van der Waals surface area (Å²) in [6.45, 7) is 0. The summed E-state index contributed by atoms with van der Waals surface area (Å²) in [7, 11) is 0. The number of hydrogen-bond donors (Lipinski definition) is 1. The lowest BCUT2D eigenvalue weighted by atomic mass is 10.2. The Labute approximate surface area is 103 Å². The SMILES string of the molecule is NC(=O)Cc1ccc(-c2ccc(Cl)cc2)s1. The van der Waals surface area contributed by atoms with Crippen molar-refractivity contribution in [1.82, 2.24) is 0 Å². The van der Waals surface area contributed by atoms with Gasteiger partial charge in [-0.05, 0) is 29.8 Å². The van der Waals surface area contributed by atoms with Crippen LogP contribution >= 0.6 is 22.9 Å². The smallest absolute Gasteiger partial charge is 0.222 e. The van der Waals surface area contributed by atoms with Crippen LogP contribution < -0.4 is 5.73 Å². The largest absolute Gasteiger partial charge is 0.369 e. The average molecular weight is 252 g/mol. The highest BCUT2D eigenvalue weighted by atomic mass is 35.5. The third kappa shape index (κ3) is 2.62. The first kappa shape index (κ1) is 11.2. The maximum absolute atomic E-state index is 10.8. The first-order valence-electron chi connectivity index (χ1n) is 4.78. The molecule has 0 unspecified atom stereocenters. The average Bonchev–Trinajstić information content (AvgIpc) is 2.66. The quantitative estimate of drug-likeness (QED) is 0.895. The summed E-state index contributed by atoms with van der Waals surface area (Å²) in [6, 6.07) is 11.5. The fourth-order valence-electron chi connectivity index (χ4n) is 1.41. The second-order valence-corrected chi connectivity index (χ2v) is 5.02. The van der Waals surface area contributed by atoms with Crippen molar-refractivity contribution < 1.29 is 4.79 Å². The third-order valence-electron chi connectivity index (χ3n) is 2.14. The Kier molecular flexibility index (Phi) is 3.27. The monoisotopic (exact) mass is 251 g/mol. The molecule has 2 N–H and O–H groups in total. The second-order valence-electron chi connectivity index (χ2n) is 3.42. The van der Waals surface area contributed by atoms with Crippen LogP contribution in [-0.4, -0.2) is 5.91 Å². The van der Waals surface area contributed by atoms with Gasteiger partial charge >= 0.3 is 0 Å². The number of rotatable bonds is 3. The molecule has 0 aliphatic carbocycles. The molecule has 0 saturated carbocycles. The van der Waals surface area contributed by atoms with Crippen LogP contribution in [0.4, 0.5) is 0 Å². The minimum Gasteiger partial charge on any atom is -0.369 e. The lowest BCUT2D eigenvalue weighted by molar-refractivity contribution is -0.117. The van der Waals surface area contributed by atoms with Crippen LogP contribution in [0.5, 0.6) is 0 Å². The Morgan fingerprint density at radius 1 is 1.19 bits per heavy atom. The van der Waals surface area contributed by atoms with E-state index in [0.29, 0.717) is 6.42 Å². The number of hydrogen-bond acceptors (Lipinski definition) is 2. The van der Waals surface area contributed by atoms with Crippen LogP contribution in [-0.2, 0) is 11.2 Å². The Bertz CT molecular complexity index is 504. The van der Waals surface area contributed by atoms with Gasteiger partial charge in [0.25, 0.3) is 0 Å². The predicted molar refractivity (Wildman–Crippen MR) is 67.7 cm³/mol. The van der Waals surface area contributed by atoms with Crippen molar-refractivity contribution in [2.24, 2.45) is 5.73 Å². The molecule has 1 heterocycles. The summed E-state index contributed by atoms with van der Waals surface area (Å²) in [6.07, 6.45) is 0.304. The molecule has 16 heavy (non-hydrogen) atoms. The van der Waals surface area contributed by atoms with Gasteiger partial charge in [-0.3, -0.25) is 4.79 Å². The van der Waals surface area contributed by atoms with Crippen molar-refractivity contribution in [1.29, 1.82) is 0 Å². The topological polar surface area (TPSA) is 43.1 Å². The molecular formula is C12H10ClNOS. The molecule has 4 heteroatoms. The molecule has 2 aromatic rings. The highest BCUT2D eigenvalue weighted by molar-refractivity contribution is 7.15.